The highest BCUT2D eigenvalue weighted by Gasteiger charge is 2.08. The highest BCUT2D eigenvalue weighted by molar-refractivity contribution is 5.87. The molecule has 0 spiro atoms. The van der Waals surface area contributed by atoms with Crippen molar-refractivity contribution in [2.24, 2.45) is 0 Å². The number of nitrogens with one attached hydrogen (secondary N) is 2. The van der Waals surface area contributed by atoms with Crippen LogP contribution in [0, 0.1) is 11.2 Å². The summed E-state index contributed by atoms with van der Waals surface area (Å²) in [7, 11) is 1.74. The summed E-state index contributed by atoms with van der Waals surface area (Å²) in [5.74, 6) is -0.211. The third-order valence-electron chi connectivity index (χ3n) is 2.05. The number of benzene rings is 1. The first-order valence-corrected chi connectivity index (χ1v) is 4.24. The maximum atomic E-state index is 13.2. The quantitative estimate of drug-likeness (QED) is 0.688. The highest BCUT2D eigenvalue weighted by atomic mass is 19.1. The summed E-state index contributed by atoms with van der Waals surface area (Å²) < 4.78 is 13.2. The Bertz CT molecular complexity index is 321. The molecule has 13 heavy (non-hydrogen) atoms. The summed E-state index contributed by atoms with van der Waals surface area (Å²) in [4.78, 5) is 0. The molecule has 0 unspecified atom stereocenters. The van der Waals surface area contributed by atoms with Gasteiger partial charge in [-0.2, -0.15) is 0 Å². The van der Waals surface area contributed by atoms with E-state index in [1.165, 1.54) is 12.3 Å². The molecule has 1 aromatic rings. The molecule has 3 heteroatoms. The molecule has 0 aliphatic rings. The molecular weight excluding hydrogens is 167 g/mol. The van der Waals surface area contributed by atoms with Gasteiger partial charge in [-0.25, -0.2) is 4.39 Å². The van der Waals surface area contributed by atoms with Gasteiger partial charge in [-0.1, -0.05) is 6.92 Å². The lowest BCUT2D eigenvalue weighted by atomic mass is 10.0. The molecule has 0 aliphatic carbocycles. The van der Waals surface area contributed by atoms with Gasteiger partial charge in [-0.3, -0.25) is 0 Å². The molecule has 0 aromatic heterocycles. The third-order valence-corrected chi connectivity index (χ3v) is 2.05. The van der Waals surface area contributed by atoms with Crippen LogP contribution in [0.1, 0.15) is 18.1 Å². The van der Waals surface area contributed by atoms with Crippen LogP contribution in [0.4, 0.5) is 10.1 Å². The van der Waals surface area contributed by atoms with Crippen molar-refractivity contribution in [3.8, 4) is 0 Å². The molecule has 0 amide bonds. The van der Waals surface area contributed by atoms with Crippen LogP contribution < -0.4 is 5.32 Å². The first-order valence-electron chi connectivity index (χ1n) is 4.24. The summed E-state index contributed by atoms with van der Waals surface area (Å²) in [6.45, 7) is 1.90. The second-order valence-corrected chi connectivity index (χ2v) is 2.74. The molecular formula is C10H13FN2. The Morgan fingerprint density at radius 1 is 1.54 bits per heavy atom. The van der Waals surface area contributed by atoms with E-state index in [1.807, 2.05) is 6.92 Å². The number of rotatable bonds is 3. The Labute approximate surface area is 77.3 Å². The molecule has 1 aromatic carbocycles. The Kier molecular flexibility index (Phi) is 3.01. The van der Waals surface area contributed by atoms with Crippen LogP contribution in [0.25, 0.3) is 0 Å². The Morgan fingerprint density at radius 2 is 2.23 bits per heavy atom. The summed E-state index contributed by atoms with van der Waals surface area (Å²) in [6.07, 6.45) is 1.86. The predicted molar refractivity (Wildman–Crippen MR) is 53.2 cm³/mol. The topological polar surface area (TPSA) is 35.9 Å². The zero-order valence-corrected chi connectivity index (χ0v) is 7.82. The van der Waals surface area contributed by atoms with Crippen molar-refractivity contribution in [3.05, 3.63) is 29.1 Å². The van der Waals surface area contributed by atoms with E-state index in [0.717, 1.165) is 11.3 Å². The van der Waals surface area contributed by atoms with Gasteiger partial charge >= 0.3 is 0 Å². The van der Waals surface area contributed by atoms with Crippen LogP contribution in [0.3, 0.4) is 0 Å². The molecule has 0 saturated carbocycles. The Morgan fingerprint density at radius 3 is 2.69 bits per heavy atom. The highest BCUT2D eigenvalue weighted by Crippen LogP contribution is 2.22. The van der Waals surface area contributed by atoms with Crippen LogP contribution in [-0.4, -0.2) is 13.3 Å². The van der Waals surface area contributed by atoms with Crippen LogP contribution in [0.15, 0.2) is 12.1 Å². The maximum absolute atomic E-state index is 13.2. The van der Waals surface area contributed by atoms with Gasteiger partial charge in [0.05, 0.1) is 0 Å². The molecule has 0 aliphatic heterocycles. The summed E-state index contributed by atoms with van der Waals surface area (Å²) in [5, 5.41) is 10.1. The standard InChI is InChI=1S/C10H13FN2/c1-3-8-9(11)5-4-7(6-12)10(8)13-2/h4-6,12-13H,3H2,1-2H3. The van der Waals surface area contributed by atoms with E-state index in [9.17, 15) is 4.39 Å². The second kappa shape index (κ2) is 4.03. The molecule has 1 rings (SSSR count). The van der Waals surface area contributed by atoms with Crippen molar-refractivity contribution in [1.82, 2.24) is 0 Å². The van der Waals surface area contributed by atoms with E-state index >= 15 is 0 Å². The van der Waals surface area contributed by atoms with Crippen molar-refractivity contribution >= 4 is 11.9 Å². The molecule has 0 bridgehead atoms. The average molecular weight is 180 g/mol. The molecule has 2 nitrogen and oxygen atoms in total. The normalized spacial score (nSPS) is 9.77. The monoisotopic (exact) mass is 180 g/mol. The first-order chi connectivity index (χ1) is 6.24. The van der Waals surface area contributed by atoms with E-state index in [0.29, 0.717) is 12.0 Å². The van der Waals surface area contributed by atoms with Gasteiger partial charge in [0.2, 0.25) is 0 Å². The molecule has 2 N–H and O–H groups in total. The van der Waals surface area contributed by atoms with E-state index < -0.39 is 0 Å². The fourth-order valence-corrected chi connectivity index (χ4v) is 1.40. The van der Waals surface area contributed by atoms with E-state index in [2.05, 4.69) is 5.32 Å². The van der Waals surface area contributed by atoms with Gasteiger partial charge in [0, 0.05) is 30.1 Å². The van der Waals surface area contributed by atoms with Gasteiger partial charge in [0.15, 0.2) is 0 Å². The second-order valence-electron chi connectivity index (χ2n) is 2.74. The van der Waals surface area contributed by atoms with E-state index in [1.54, 1.807) is 13.1 Å². The number of hydrogen-bond acceptors (Lipinski definition) is 2. The summed E-state index contributed by atoms with van der Waals surface area (Å²) in [6, 6.07) is 3.01. The van der Waals surface area contributed by atoms with Crippen molar-refractivity contribution < 1.29 is 4.39 Å². The van der Waals surface area contributed by atoms with Crippen LogP contribution in [-0.2, 0) is 6.42 Å². The SMILES string of the molecule is CCc1c(F)ccc(C=N)c1NC. The zero-order chi connectivity index (χ0) is 9.84. The van der Waals surface area contributed by atoms with E-state index in [4.69, 9.17) is 5.41 Å². The number of halogens is 1. The third kappa shape index (κ3) is 1.69. The van der Waals surface area contributed by atoms with Crippen LogP contribution in [0.5, 0.6) is 0 Å². The Balaban J connectivity index is 3.35. The number of hydrogen-bond donors (Lipinski definition) is 2. The molecule has 0 heterocycles. The van der Waals surface area contributed by atoms with Crippen LogP contribution in [0.2, 0.25) is 0 Å². The number of anilines is 1. The lowest BCUT2D eigenvalue weighted by Crippen LogP contribution is -2.01. The average Bonchev–Trinajstić information content (AvgIpc) is 2.17. The fraction of sp³-hybridized carbons (Fsp3) is 0.300. The smallest absolute Gasteiger partial charge is 0.128 e. The minimum absolute atomic E-state index is 0.211. The summed E-state index contributed by atoms with van der Waals surface area (Å²) >= 11 is 0. The largest absolute Gasteiger partial charge is 0.387 e. The minimum Gasteiger partial charge on any atom is -0.387 e. The molecule has 0 radical (unpaired) electrons. The summed E-state index contributed by atoms with van der Waals surface area (Å²) in [5.41, 5.74) is 2.08. The molecule has 70 valence electrons. The zero-order valence-electron chi connectivity index (χ0n) is 7.82. The van der Waals surface area contributed by atoms with Gasteiger partial charge < -0.3 is 10.7 Å². The van der Waals surface area contributed by atoms with Crippen molar-refractivity contribution in [1.29, 1.82) is 5.41 Å². The van der Waals surface area contributed by atoms with Gasteiger partial charge in [-0.05, 0) is 18.6 Å². The molecule has 0 saturated heterocycles. The minimum atomic E-state index is -0.211. The van der Waals surface area contributed by atoms with E-state index in [-0.39, 0.29) is 5.82 Å². The van der Waals surface area contributed by atoms with Crippen molar-refractivity contribution in [2.75, 3.05) is 12.4 Å². The van der Waals surface area contributed by atoms with Crippen molar-refractivity contribution in [3.63, 3.8) is 0 Å². The lowest BCUT2D eigenvalue weighted by molar-refractivity contribution is 0.613. The predicted octanol–water partition coefficient (Wildman–Crippen LogP) is 2.43. The lowest BCUT2D eigenvalue weighted by Gasteiger charge is -2.11. The van der Waals surface area contributed by atoms with Crippen LogP contribution >= 0.6 is 0 Å². The first kappa shape index (κ1) is 9.71. The fourth-order valence-electron chi connectivity index (χ4n) is 1.40. The van der Waals surface area contributed by atoms with Gasteiger partial charge in [0.1, 0.15) is 5.82 Å². The van der Waals surface area contributed by atoms with Gasteiger partial charge in [-0.15, -0.1) is 0 Å². The van der Waals surface area contributed by atoms with Gasteiger partial charge in [0.25, 0.3) is 0 Å². The Hall–Kier alpha value is -1.38. The molecule has 0 atom stereocenters. The van der Waals surface area contributed by atoms with Crippen molar-refractivity contribution in [2.45, 2.75) is 13.3 Å². The molecule has 0 fully saturated rings. The maximum Gasteiger partial charge on any atom is 0.128 e.